The number of carboxylic acid groups (broad SMARTS) is 1. The van der Waals surface area contributed by atoms with Crippen LogP contribution in [-0.2, 0) is 14.4 Å². The molecule has 0 unspecified atom stereocenters. The van der Waals surface area contributed by atoms with Crippen molar-refractivity contribution in [1.82, 2.24) is 4.90 Å². The van der Waals surface area contributed by atoms with Crippen LogP contribution in [0.15, 0.2) is 0 Å². The molecule has 5 heteroatoms. The van der Waals surface area contributed by atoms with Crippen molar-refractivity contribution in [2.24, 2.45) is 0 Å². The zero-order chi connectivity index (χ0) is 10.4. The smallest absolute Gasteiger partial charge is 0.303 e. The molecule has 0 fully saturated rings. The highest BCUT2D eigenvalue weighted by Gasteiger charge is 2.12. The zero-order valence-electron chi connectivity index (χ0n) is 7.74. The van der Waals surface area contributed by atoms with Crippen LogP contribution in [0.4, 0.5) is 0 Å². The first-order chi connectivity index (χ1) is 5.95. The summed E-state index contributed by atoms with van der Waals surface area (Å²) < 4.78 is 0. The molecule has 0 rings (SSSR count). The molecule has 0 saturated heterocycles. The number of carbonyl (C=O) groups excluding carboxylic acids is 2. The average molecular weight is 187 g/mol. The lowest BCUT2D eigenvalue weighted by atomic mass is 10.3. The van der Waals surface area contributed by atoms with Crippen molar-refractivity contribution in [3.8, 4) is 0 Å². The van der Waals surface area contributed by atoms with Crippen LogP contribution in [-0.4, -0.2) is 34.3 Å². The minimum atomic E-state index is -0.924. The molecular weight excluding hydrogens is 174 g/mol. The Kier molecular flexibility index (Phi) is 4.72. The minimum Gasteiger partial charge on any atom is -0.481 e. The third-order valence-corrected chi connectivity index (χ3v) is 1.53. The van der Waals surface area contributed by atoms with E-state index in [4.69, 9.17) is 5.11 Å². The molecule has 74 valence electrons. The predicted molar refractivity (Wildman–Crippen MR) is 44.9 cm³/mol. The lowest BCUT2D eigenvalue weighted by Gasteiger charge is -2.15. The van der Waals surface area contributed by atoms with Crippen LogP contribution in [0, 0.1) is 0 Å². The highest BCUT2D eigenvalue weighted by Crippen LogP contribution is 1.96. The maximum atomic E-state index is 10.8. The van der Waals surface area contributed by atoms with Gasteiger partial charge >= 0.3 is 5.97 Å². The number of carbonyl (C=O) groups is 3. The number of carboxylic acids is 1. The summed E-state index contributed by atoms with van der Waals surface area (Å²) in [6, 6.07) is 0. The lowest BCUT2D eigenvalue weighted by Crippen LogP contribution is -2.34. The van der Waals surface area contributed by atoms with Gasteiger partial charge in [-0.25, -0.2) is 0 Å². The predicted octanol–water partition coefficient (Wildman–Crippen LogP) is 0.246. The van der Waals surface area contributed by atoms with Gasteiger partial charge in [-0.05, 0) is 6.42 Å². The van der Waals surface area contributed by atoms with Gasteiger partial charge in [0.1, 0.15) is 0 Å². The molecule has 0 aromatic rings. The molecule has 0 aromatic heterocycles. The molecule has 0 aliphatic heterocycles. The van der Waals surface area contributed by atoms with Gasteiger partial charge < -0.3 is 5.11 Å². The number of hydrogen-bond acceptors (Lipinski definition) is 3. The maximum Gasteiger partial charge on any atom is 0.303 e. The average Bonchev–Trinajstić information content (AvgIpc) is 1.95. The fraction of sp³-hybridized carbons (Fsp3) is 0.625. The number of rotatable bonds is 4. The van der Waals surface area contributed by atoms with Crippen LogP contribution < -0.4 is 0 Å². The third kappa shape index (κ3) is 4.95. The van der Waals surface area contributed by atoms with E-state index >= 15 is 0 Å². The summed E-state index contributed by atoms with van der Waals surface area (Å²) in [5, 5.41) is 8.32. The fourth-order valence-corrected chi connectivity index (χ4v) is 0.925. The van der Waals surface area contributed by atoms with E-state index in [2.05, 4.69) is 0 Å². The van der Waals surface area contributed by atoms with Gasteiger partial charge in [-0.15, -0.1) is 0 Å². The summed E-state index contributed by atoms with van der Waals surface area (Å²) in [7, 11) is 0. The zero-order valence-corrected chi connectivity index (χ0v) is 7.74. The lowest BCUT2D eigenvalue weighted by molar-refractivity contribution is -0.143. The van der Waals surface area contributed by atoms with E-state index in [-0.39, 0.29) is 24.8 Å². The first-order valence-electron chi connectivity index (χ1n) is 3.95. The van der Waals surface area contributed by atoms with Crippen LogP contribution >= 0.6 is 0 Å². The Hall–Kier alpha value is -1.39. The van der Waals surface area contributed by atoms with E-state index in [0.29, 0.717) is 6.42 Å². The van der Waals surface area contributed by atoms with E-state index < -0.39 is 5.97 Å². The van der Waals surface area contributed by atoms with Crippen molar-refractivity contribution in [2.75, 3.05) is 6.54 Å². The topological polar surface area (TPSA) is 74.7 Å². The molecule has 0 heterocycles. The van der Waals surface area contributed by atoms with Crippen molar-refractivity contribution in [1.29, 1.82) is 0 Å². The quantitative estimate of drug-likeness (QED) is 0.684. The highest BCUT2D eigenvalue weighted by atomic mass is 16.4. The van der Waals surface area contributed by atoms with Gasteiger partial charge in [-0.1, -0.05) is 0 Å². The molecule has 0 radical (unpaired) electrons. The van der Waals surface area contributed by atoms with Crippen molar-refractivity contribution in [3.63, 3.8) is 0 Å². The largest absolute Gasteiger partial charge is 0.481 e. The fourth-order valence-electron chi connectivity index (χ4n) is 0.925. The Morgan fingerprint density at radius 3 is 1.92 bits per heavy atom. The van der Waals surface area contributed by atoms with Crippen molar-refractivity contribution in [2.45, 2.75) is 26.7 Å². The molecule has 2 amide bonds. The number of imide groups is 1. The second-order valence-corrected chi connectivity index (χ2v) is 2.69. The first-order valence-corrected chi connectivity index (χ1v) is 3.95. The van der Waals surface area contributed by atoms with Gasteiger partial charge in [0, 0.05) is 26.8 Å². The van der Waals surface area contributed by atoms with Crippen LogP contribution in [0.1, 0.15) is 26.7 Å². The SMILES string of the molecule is CC(=O)N(CCCC(=O)O)C(C)=O. The van der Waals surface area contributed by atoms with E-state index in [9.17, 15) is 14.4 Å². The van der Waals surface area contributed by atoms with Crippen LogP contribution in [0.5, 0.6) is 0 Å². The van der Waals surface area contributed by atoms with Crippen molar-refractivity contribution in [3.05, 3.63) is 0 Å². The van der Waals surface area contributed by atoms with Crippen molar-refractivity contribution >= 4 is 17.8 Å². The van der Waals surface area contributed by atoms with Crippen molar-refractivity contribution < 1.29 is 19.5 Å². The van der Waals surface area contributed by atoms with Crippen LogP contribution in [0.25, 0.3) is 0 Å². The van der Waals surface area contributed by atoms with E-state index in [1.807, 2.05) is 0 Å². The summed E-state index contributed by atoms with van der Waals surface area (Å²) in [6.45, 7) is 2.74. The number of amides is 2. The molecule has 0 bridgehead atoms. The number of hydrogen-bond donors (Lipinski definition) is 1. The summed E-state index contributed by atoms with van der Waals surface area (Å²) in [5.74, 6) is -1.62. The molecule has 13 heavy (non-hydrogen) atoms. The van der Waals surface area contributed by atoms with Gasteiger partial charge in [0.2, 0.25) is 11.8 Å². The summed E-state index contributed by atoms with van der Waals surface area (Å²) in [4.78, 5) is 32.8. The van der Waals surface area contributed by atoms with Gasteiger partial charge in [-0.2, -0.15) is 0 Å². The van der Waals surface area contributed by atoms with Crippen LogP contribution in [0.2, 0.25) is 0 Å². The maximum absolute atomic E-state index is 10.8. The molecule has 1 N–H and O–H groups in total. The molecule has 0 aliphatic rings. The Morgan fingerprint density at radius 2 is 1.62 bits per heavy atom. The summed E-state index contributed by atoms with van der Waals surface area (Å²) in [5.41, 5.74) is 0. The number of aliphatic carboxylic acids is 1. The second kappa shape index (κ2) is 5.29. The highest BCUT2D eigenvalue weighted by molar-refractivity contribution is 5.92. The first kappa shape index (κ1) is 11.6. The van der Waals surface area contributed by atoms with Gasteiger partial charge in [0.25, 0.3) is 0 Å². The molecule has 0 aliphatic carbocycles. The third-order valence-electron chi connectivity index (χ3n) is 1.53. The Bertz CT molecular complexity index is 210. The van der Waals surface area contributed by atoms with E-state index in [1.165, 1.54) is 13.8 Å². The minimum absolute atomic E-state index is 0.0307. The molecule has 0 spiro atoms. The van der Waals surface area contributed by atoms with Crippen LogP contribution in [0.3, 0.4) is 0 Å². The Balaban J connectivity index is 3.91. The van der Waals surface area contributed by atoms with Gasteiger partial charge in [0.05, 0.1) is 0 Å². The second-order valence-electron chi connectivity index (χ2n) is 2.69. The number of nitrogens with zero attached hydrogens (tertiary/aromatic N) is 1. The standard InChI is InChI=1S/C8H13NO4/c1-6(10)9(7(2)11)5-3-4-8(12)13/h3-5H2,1-2H3,(H,12,13). The molecule has 0 aromatic carbocycles. The molecule has 5 nitrogen and oxygen atoms in total. The van der Waals surface area contributed by atoms with Gasteiger partial charge in [0.15, 0.2) is 0 Å². The monoisotopic (exact) mass is 187 g/mol. The summed E-state index contributed by atoms with van der Waals surface area (Å²) in [6.07, 6.45) is 0.269. The molecule has 0 atom stereocenters. The van der Waals surface area contributed by atoms with Gasteiger partial charge in [-0.3, -0.25) is 19.3 Å². The Labute approximate surface area is 76.3 Å². The Morgan fingerprint density at radius 1 is 1.15 bits per heavy atom. The molecule has 0 saturated carbocycles. The molecular formula is C8H13NO4. The normalized spacial score (nSPS) is 9.38. The summed E-state index contributed by atoms with van der Waals surface area (Å²) >= 11 is 0. The van der Waals surface area contributed by atoms with E-state index in [0.717, 1.165) is 4.90 Å². The van der Waals surface area contributed by atoms with E-state index in [1.54, 1.807) is 0 Å².